The molecular formula is C72H78O27. The minimum atomic E-state index is -1.56. The summed E-state index contributed by atoms with van der Waals surface area (Å²) in [5.41, 5.74) is -2.71. The van der Waals surface area contributed by atoms with Gasteiger partial charge in [0.05, 0.1) is 97.3 Å². The van der Waals surface area contributed by atoms with Crippen molar-refractivity contribution in [1.29, 1.82) is 0 Å². The van der Waals surface area contributed by atoms with E-state index in [-0.39, 0.29) is 118 Å². The second kappa shape index (κ2) is 38.5. The van der Waals surface area contributed by atoms with E-state index in [1.807, 2.05) is 6.92 Å². The molecule has 0 heterocycles. The van der Waals surface area contributed by atoms with Crippen LogP contribution in [0.4, 0.5) is 0 Å². The van der Waals surface area contributed by atoms with Crippen LogP contribution in [-0.2, 0) is 52.2 Å². The smallest absolute Gasteiger partial charge is 0.339 e. The summed E-state index contributed by atoms with van der Waals surface area (Å²) in [6, 6.07) is 34.2. The number of benzene rings is 6. The van der Waals surface area contributed by atoms with Crippen LogP contribution in [0.25, 0.3) is 0 Å². The van der Waals surface area contributed by atoms with Crippen molar-refractivity contribution in [3.8, 4) is 0 Å². The lowest BCUT2D eigenvalue weighted by Crippen LogP contribution is -2.39. The van der Waals surface area contributed by atoms with E-state index >= 15 is 0 Å². The fraction of sp³-hybridized carbons (Fsp3) is 0.333. The van der Waals surface area contributed by atoms with Crippen molar-refractivity contribution in [1.82, 2.24) is 0 Å². The zero-order chi connectivity index (χ0) is 72.7. The van der Waals surface area contributed by atoms with Crippen molar-refractivity contribution in [2.45, 2.75) is 53.9 Å². The summed E-state index contributed by atoms with van der Waals surface area (Å²) < 4.78 is 52.7. The normalized spacial score (nSPS) is 12.0. The molecule has 0 saturated heterocycles. The number of aryl methyl sites for hydroxylation is 1. The Labute approximate surface area is 569 Å². The lowest BCUT2D eigenvalue weighted by atomic mass is 9.87. The van der Waals surface area contributed by atoms with Gasteiger partial charge in [0.15, 0.2) is 0 Å². The molecule has 6 aromatic rings. The summed E-state index contributed by atoms with van der Waals surface area (Å²) in [6.07, 6.45) is 0.903. The number of carboxylic acid groups (broad SMARTS) is 2. The molecule has 0 spiro atoms. The van der Waals surface area contributed by atoms with Crippen LogP contribution in [0.15, 0.2) is 146 Å². The number of aromatic carboxylic acids is 2. The number of esters is 10. The van der Waals surface area contributed by atoms with Gasteiger partial charge in [0.2, 0.25) is 0 Å². The van der Waals surface area contributed by atoms with Crippen molar-refractivity contribution in [3.63, 3.8) is 0 Å². The first-order chi connectivity index (χ1) is 47.3. The predicted molar refractivity (Wildman–Crippen MR) is 348 cm³/mol. The number of rotatable bonds is 35. The lowest BCUT2D eigenvalue weighted by molar-refractivity contribution is -0.147. The number of hydrogen-bond donors (Lipinski definition) is 5. The number of carboxylic acids is 2. The second-order valence-corrected chi connectivity index (χ2v) is 22.6. The standard InChI is InChI=1S/C40H36O14.C32H40O13.H2/c1-3-40(22-52-36(46)26-8-5-4-6-9-26,24-54-39(49)31-17-16-28(33(41)42)21-32(31)34(43)44)23-53-38(48)30-11-7-10-29(20-30)37(47)51-19-18-50-35(45)27-14-12-25(2)13-15-27;1-4-31(16-33,17-34)19-44-28(38)24-11-9-23(10-12-24)27(37)41-13-14-42-29(39)25-7-6-8-26(15-25)30(40)45-21-32(5-2,18-35)20-43-22(3)36;/h4-17,20-21H,3,18-19,22-24H2,1-2H3,(H,41,42)(H,43,44);6-12,15,33-35H,4-5,13-14,16-21H2,1-3H3;1H. The SMILES string of the molecule is CCC(CO)(CO)COC(=O)c1ccc(C(=O)OCCOC(=O)c2cccc(C(=O)OCC(CC)(CO)COC(C)=O)c2)cc1.CCC(COC(=O)c1ccccc1)(COC(=O)c1cccc(C(=O)OCCOC(=O)c2ccc(C)cc2)c1)COC(=O)c1ccc(C(=O)O)cc1C(=O)O.[HH]. The van der Waals surface area contributed by atoms with Crippen molar-refractivity contribution >= 4 is 71.6 Å². The van der Waals surface area contributed by atoms with Gasteiger partial charge < -0.3 is 72.9 Å². The van der Waals surface area contributed by atoms with Gasteiger partial charge in [0.1, 0.15) is 66.1 Å². The maximum atomic E-state index is 13.2. The van der Waals surface area contributed by atoms with Gasteiger partial charge in [0.25, 0.3) is 0 Å². The molecular weight excluding hydrogens is 1300 g/mol. The van der Waals surface area contributed by atoms with Crippen LogP contribution in [-0.4, -0.2) is 183 Å². The summed E-state index contributed by atoms with van der Waals surface area (Å²) in [7, 11) is 0. The molecule has 0 saturated carbocycles. The Kier molecular flexibility index (Phi) is 30.6. The Hall–Kier alpha value is -11.2. The maximum Gasteiger partial charge on any atom is 0.339 e. The van der Waals surface area contributed by atoms with E-state index in [9.17, 15) is 83.1 Å². The average molecular weight is 1380 g/mol. The minimum absolute atomic E-state index is 0. The van der Waals surface area contributed by atoms with Crippen LogP contribution in [0.1, 0.15) is 168 Å². The molecule has 27 nitrogen and oxygen atoms in total. The summed E-state index contributed by atoms with van der Waals surface area (Å²) in [4.78, 5) is 148. The third-order valence-electron chi connectivity index (χ3n) is 15.5. The highest BCUT2D eigenvalue weighted by molar-refractivity contribution is 6.04. The molecule has 0 aliphatic rings. The molecule has 0 aliphatic heterocycles. The van der Waals surface area contributed by atoms with Crippen LogP contribution in [0.2, 0.25) is 0 Å². The van der Waals surface area contributed by atoms with E-state index in [1.165, 1.54) is 91.9 Å². The monoisotopic (exact) mass is 1370 g/mol. The summed E-state index contributed by atoms with van der Waals surface area (Å²) in [5.74, 6) is -10.5. The van der Waals surface area contributed by atoms with E-state index in [2.05, 4.69) is 0 Å². The third-order valence-corrected chi connectivity index (χ3v) is 15.5. The highest BCUT2D eigenvalue weighted by Crippen LogP contribution is 2.28. The molecule has 6 aromatic carbocycles. The molecule has 0 aliphatic carbocycles. The number of ether oxygens (including phenoxy) is 10. The van der Waals surface area contributed by atoms with Gasteiger partial charge in [-0.15, -0.1) is 0 Å². The molecule has 0 amide bonds. The van der Waals surface area contributed by atoms with E-state index in [0.29, 0.717) is 18.4 Å². The summed E-state index contributed by atoms with van der Waals surface area (Å²) >= 11 is 0. The number of hydrogen-bond acceptors (Lipinski definition) is 25. The van der Waals surface area contributed by atoms with Gasteiger partial charge in [-0.2, -0.15) is 0 Å². The maximum absolute atomic E-state index is 13.2. The van der Waals surface area contributed by atoms with E-state index in [1.54, 1.807) is 63.2 Å². The zero-order valence-corrected chi connectivity index (χ0v) is 54.9. The van der Waals surface area contributed by atoms with Gasteiger partial charge in [-0.05, 0) is 129 Å². The first-order valence-electron chi connectivity index (χ1n) is 30.8. The third kappa shape index (κ3) is 23.9. The Bertz CT molecular complexity index is 3800. The first kappa shape index (κ1) is 78.5. The van der Waals surface area contributed by atoms with Crippen molar-refractivity contribution in [2.75, 3.05) is 85.9 Å². The highest BCUT2D eigenvalue weighted by atomic mass is 16.6. The highest BCUT2D eigenvalue weighted by Gasteiger charge is 2.36. The lowest BCUT2D eigenvalue weighted by Gasteiger charge is -2.31. The van der Waals surface area contributed by atoms with Gasteiger partial charge in [0, 0.05) is 8.35 Å². The minimum Gasteiger partial charge on any atom is -0.478 e. The second-order valence-electron chi connectivity index (χ2n) is 22.6. The Morgan fingerprint density at radius 2 is 0.616 bits per heavy atom. The molecule has 0 radical (unpaired) electrons. The summed E-state index contributed by atoms with van der Waals surface area (Å²) in [5, 5.41) is 47.6. The Morgan fingerprint density at radius 3 is 0.980 bits per heavy atom. The number of carbonyl (C=O) groups is 12. The Morgan fingerprint density at radius 1 is 0.313 bits per heavy atom. The topological polar surface area (TPSA) is 398 Å². The van der Waals surface area contributed by atoms with Crippen LogP contribution in [0.3, 0.4) is 0 Å². The van der Waals surface area contributed by atoms with Crippen molar-refractivity contribution < 1.29 is 132 Å². The molecule has 2 unspecified atom stereocenters. The van der Waals surface area contributed by atoms with Crippen LogP contribution < -0.4 is 0 Å². The molecule has 27 heteroatoms. The molecule has 5 N–H and O–H groups in total. The molecule has 0 aromatic heterocycles. The first-order valence-corrected chi connectivity index (χ1v) is 30.8. The molecule has 528 valence electrons. The number of aliphatic hydroxyl groups is 3. The molecule has 0 bridgehead atoms. The quantitative estimate of drug-likeness (QED) is 0.0142. The van der Waals surface area contributed by atoms with Crippen LogP contribution >= 0.6 is 0 Å². The molecule has 6 rings (SSSR count). The van der Waals surface area contributed by atoms with Crippen LogP contribution in [0.5, 0.6) is 0 Å². The van der Waals surface area contributed by atoms with Gasteiger partial charge in [-0.1, -0.05) is 68.8 Å². The summed E-state index contributed by atoms with van der Waals surface area (Å²) in [6.45, 7) is 4.35. The Balaban J connectivity index is 0.000000428. The average Bonchev–Trinajstić information content (AvgIpc) is 0.821. The van der Waals surface area contributed by atoms with Gasteiger partial charge in [-0.3, -0.25) is 4.79 Å². The fourth-order valence-electron chi connectivity index (χ4n) is 8.56. The van der Waals surface area contributed by atoms with Gasteiger partial charge in [-0.25, -0.2) is 52.7 Å². The molecule has 99 heavy (non-hydrogen) atoms. The number of carbonyl (C=O) groups excluding carboxylic acids is 10. The molecule has 2 atom stereocenters. The zero-order valence-electron chi connectivity index (χ0n) is 54.9. The largest absolute Gasteiger partial charge is 0.478 e. The van der Waals surface area contributed by atoms with Crippen LogP contribution in [0, 0.1) is 23.2 Å². The van der Waals surface area contributed by atoms with Crippen molar-refractivity contribution in [2.24, 2.45) is 16.2 Å². The fourth-order valence-corrected chi connectivity index (χ4v) is 8.56. The van der Waals surface area contributed by atoms with Gasteiger partial charge >= 0.3 is 71.6 Å². The number of aliphatic hydroxyl groups excluding tert-OH is 3. The van der Waals surface area contributed by atoms with E-state index in [4.69, 9.17) is 47.4 Å². The molecule has 0 fully saturated rings. The predicted octanol–water partition coefficient (Wildman–Crippen LogP) is 8.27. The van der Waals surface area contributed by atoms with Crippen molar-refractivity contribution in [3.05, 3.63) is 212 Å². The van der Waals surface area contributed by atoms with E-state index < -0.39 is 119 Å². The van der Waals surface area contributed by atoms with E-state index in [0.717, 1.165) is 23.8 Å².